The van der Waals surface area contributed by atoms with Gasteiger partial charge in [-0.05, 0) is 24.1 Å². The summed E-state index contributed by atoms with van der Waals surface area (Å²) in [6.07, 6.45) is 0.953. The van der Waals surface area contributed by atoms with Gasteiger partial charge in [-0.25, -0.2) is 0 Å². The van der Waals surface area contributed by atoms with Crippen LogP contribution in [0.3, 0.4) is 0 Å². The minimum atomic E-state index is -0.447. The molecule has 1 amide bonds. The van der Waals surface area contributed by atoms with Crippen molar-refractivity contribution in [2.45, 2.75) is 25.9 Å². The fraction of sp³-hybridized carbons (Fsp3) is 0.462. The number of rotatable bonds is 3. The fourth-order valence-electron chi connectivity index (χ4n) is 2.04. The zero-order valence-electron chi connectivity index (χ0n) is 10.3. The number of carbonyl (C=O) groups is 1. The normalized spacial score (nSPS) is 15.0. The van der Waals surface area contributed by atoms with Crippen LogP contribution in [-0.2, 0) is 17.8 Å². The number of amides is 1. The number of nitrogens with two attached hydrogens (primary N) is 1. The first kappa shape index (κ1) is 11.9. The third kappa shape index (κ3) is 2.58. The Morgan fingerprint density at radius 1 is 1.59 bits per heavy atom. The third-order valence-corrected chi connectivity index (χ3v) is 2.94. The van der Waals surface area contributed by atoms with Crippen LogP contribution in [0, 0.1) is 0 Å². The topological polar surface area (TPSA) is 55.6 Å². The molecule has 4 nitrogen and oxygen atoms in total. The molecule has 0 bridgehead atoms. The summed E-state index contributed by atoms with van der Waals surface area (Å²) in [5, 5.41) is 0. The number of nitrogens with zero attached hydrogens (tertiary/aromatic N) is 1. The van der Waals surface area contributed by atoms with E-state index in [1.807, 2.05) is 12.1 Å². The maximum Gasteiger partial charge on any atom is 0.239 e. The first-order valence-corrected chi connectivity index (χ1v) is 5.83. The Labute approximate surface area is 101 Å². The summed E-state index contributed by atoms with van der Waals surface area (Å²) in [5.74, 6) is 0.927. The van der Waals surface area contributed by atoms with E-state index in [4.69, 9.17) is 10.5 Å². The molecule has 2 rings (SSSR count). The Kier molecular flexibility index (Phi) is 3.33. The fourth-order valence-corrected chi connectivity index (χ4v) is 2.04. The van der Waals surface area contributed by atoms with Gasteiger partial charge >= 0.3 is 0 Å². The van der Waals surface area contributed by atoms with Crippen LogP contribution >= 0.6 is 0 Å². The SMILES string of the molecule is CC(N)C(=O)N(C)Cc1ccc2c(c1)CCO2. The molecule has 0 saturated carbocycles. The number of fused-ring (bicyclic) bond motifs is 1. The largest absolute Gasteiger partial charge is 0.493 e. The predicted molar refractivity (Wildman–Crippen MR) is 65.8 cm³/mol. The second kappa shape index (κ2) is 4.75. The molecule has 1 aromatic rings. The monoisotopic (exact) mass is 234 g/mol. The summed E-state index contributed by atoms with van der Waals surface area (Å²) >= 11 is 0. The highest BCUT2D eigenvalue weighted by Crippen LogP contribution is 2.26. The molecule has 92 valence electrons. The van der Waals surface area contributed by atoms with E-state index in [9.17, 15) is 4.79 Å². The molecule has 0 spiro atoms. The van der Waals surface area contributed by atoms with Crippen molar-refractivity contribution in [3.05, 3.63) is 29.3 Å². The summed E-state index contributed by atoms with van der Waals surface area (Å²) in [6.45, 7) is 3.05. The van der Waals surface area contributed by atoms with Crippen LogP contribution in [0.4, 0.5) is 0 Å². The van der Waals surface area contributed by atoms with Crippen molar-refractivity contribution in [3.8, 4) is 5.75 Å². The van der Waals surface area contributed by atoms with Gasteiger partial charge in [0, 0.05) is 20.0 Å². The molecule has 0 aliphatic carbocycles. The third-order valence-electron chi connectivity index (χ3n) is 2.94. The average Bonchev–Trinajstić information content (AvgIpc) is 2.74. The molecule has 0 fully saturated rings. The van der Waals surface area contributed by atoms with Crippen molar-refractivity contribution >= 4 is 5.91 Å². The van der Waals surface area contributed by atoms with E-state index in [0.717, 1.165) is 24.3 Å². The summed E-state index contributed by atoms with van der Waals surface area (Å²) in [7, 11) is 1.77. The summed E-state index contributed by atoms with van der Waals surface area (Å²) in [5.41, 5.74) is 7.91. The van der Waals surface area contributed by atoms with Crippen molar-refractivity contribution in [1.29, 1.82) is 0 Å². The zero-order chi connectivity index (χ0) is 12.4. The molecule has 0 aromatic heterocycles. The van der Waals surface area contributed by atoms with Gasteiger partial charge in [-0.1, -0.05) is 12.1 Å². The molecule has 1 aromatic carbocycles. The van der Waals surface area contributed by atoms with Crippen LogP contribution in [0.5, 0.6) is 5.75 Å². The molecule has 1 aliphatic heterocycles. The number of likely N-dealkylation sites (N-methyl/N-ethyl adjacent to an activating group) is 1. The first-order chi connectivity index (χ1) is 8.08. The minimum Gasteiger partial charge on any atom is -0.493 e. The molecule has 1 aliphatic rings. The van der Waals surface area contributed by atoms with Crippen LogP contribution < -0.4 is 10.5 Å². The number of benzene rings is 1. The Bertz CT molecular complexity index is 429. The molecule has 1 atom stereocenters. The lowest BCUT2D eigenvalue weighted by atomic mass is 10.1. The Morgan fingerprint density at radius 3 is 3.06 bits per heavy atom. The highest BCUT2D eigenvalue weighted by atomic mass is 16.5. The van der Waals surface area contributed by atoms with Gasteiger partial charge < -0.3 is 15.4 Å². The molecule has 1 unspecified atom stereocenters. The minimum absolute atomic E-state index is 0.0400. The summed E-state index contributed by atoms with van der Waals surface area (Å²) in [4.78, 5) is 13.3. The van der Waals surface area contributed by atoms with E-state index in [2.05, 4.69) is 6.07 Å². The maximum absolute atomic E-state index is 11.7. The van der Waals surface area contributed by atoms with Crippen LogP contribution in [0.2, 0.25) is 0 Å². The number of ether oxygens (including phenoxy) is 1. The van der Waals surface area contributed by atoms with Crippen LogP contribution in [0.1, 0.15) is 18.1 Å². The Hall–Kier alpha value is -1.55. The van der Waals surface area contributed by atoms with Gasteiger partial charge in [0.2, 0.25) is 5.91 Å². The standard InChI is InChI=1S/C13H18N2O2/c1-9(14)13(16)15(2)8-10-3-4-12-11(7-10)5-6-17-12/h3-4,7,9H,5-6,8,14H2,1-2H3. The zero-order valence-corrected chi connectivity index (χ0v) is 10.3. The van der Waals surface area contributed by atoms with Crippen LogP contribution in [-0.4, -0.2) is 30.5 Å². The van der Waals surface area contributed by atoms with Crippen molar-refractivity contribution in [1.82, 2.24) is 4.90 Å². The number of carbonyl (C=O) groups excluding carboxylic acids is 1. The van der Waals surface area contributed by atoms with Gasteiger partial charge in [0.05, 0.1) is 12.6 Å². The Morgan fingerprint density at radius 2 is 2.35 bits per heavy atom. The van der Waals surface area contributed by atoms with Crippen molar-refractivity contribution < 1.29 is 9.53 Å². The molecular weight excluding hydrogens is 216 g/mol. The molecule has 17 heavy (non-hydrogen) atoms. The smallest absolute Gasteiger partial charge is 0.239 e. The van der Waals surface area contributed by atoms with Gasteiger partial charge in [0.25, 0.3) is 0 Å². The molecule has 1 heterocycles. The average molecular weight is 234 g/mol. The highest BCUT2D eigenvalue weighted by Gasteiger charge is 2.16. The lowest BCUT2D eigenvalue weighted by Gasteiger charge is -2.19. The molecular formula is C13H18N2O2. The van der Waals surface area contributed by atoms with E-state index in [1.165, 1.54) is 5.56 Å². The lowest BCUT2D eigenvalue weighted by Crippen LogP contribution is -2.39. The molecule has 4 heteroatoms. The van der Waals surface area contributed by atoms with Crippen LogP contribution in [0.25, 0.3) is 0 Å². The van der Waals surface area contributed by atoms with E-state index >= 15 is 0 Å². The van der Waals surface area contributed by atoms with E-state index in [0.29, 0.717) is 6.54 Å². The first-order valence-electron chi connectivity index (χ1n) is 5.83. The van der Waals surface area contributed by atoms with Gasteiger partial charge in [-0.15, -0.1) is 0 Å². The number of hydrogen-bond acceptors (Lipinski definition) is 3. The summed E-state index contributed by atoms with van der Waals surface area (Å²) in [6, 6.07) is 5.63. The van der Waals surface area contributed by atoms with Crippen molar-refractivity contribution in [2.24, 2.45) is 5.73 Å². The van der Waals surface area contributed by atoms with Gasteiger partial charge in [0.1, 0.15) is 5.75 Å². The van der Waals surface area contributed by atoms with E-state index in [-0.39, 0.29) is 5.91 Å². The second-order valence-corrected chi connectivity index (χ2v) is 4.52. The van der Waals surface area contributed by atoms with Gasteiger partial charge in [-0.2, -0.15) is 0 Å². The van der Waals surface area contributed by atoms with E-state index in [1.54, 1.807) is 18.9 Å². The highest BCUT2D eigenvalue weighted by molar-refractivity contribution is 5.80. The van der Waals surface area contributed by atoms with Crippen molar-refractivity contribution in [3.63, 3.8) is 0 Å². The molecule has 2 N–H and O–H groups in total. The number of hydrogen-bond donors (Lipinski definition) is 1. The molecule has 0 radical (unpaired) electrons. The quantitative estimate of drug-likeness (QED) is 0.846. The maximum atomic E-state index is 11.7. The molecule has 0 saturated heterocycles. The second-order valence-electron chi connectivity index (χ2n) is 4.52. The van der Waals surface area contributed by atoms with Crippen LogP contribution in [0.15, 0.2) is 18.2 Å². The Balaban J connectivity index is 2.06. The van der Waals surface area contributed by atoms with Crippen molar-refractivity contribution in [2.75, 3.05) is 13.7 Å². The lowest BCUT2D eigenvalue weighted by molar-refractivity contribution is -0.131. The summed E-state index contributed by atoms with van der Waals surface area (Å²) < 4.78 is 5.44. The predicted octanol–water partition coefficient (Wildman–Crippen LogP) is 0.927. The van der Waals surface area contributed by atoms with Gasteiger partial charge in [-0.3, -0.25) is 4.79 Å². The van der Waals surface area contributed by atoms with Gasteiger partial charge in [0.15, 0.2) is 0 Å². The van der Waals surface area contributed by atoms with E-state index < -0.39 is 6.04 Å².